The molecule has 0 bridgehead atoms. The van der Waals surface area contributed by atoms with Gasteiger partial charge in [-0.1, -0.05) is 34.8 Å². The van der Waals surface area contributed by atoms with E-state index in [1.807, 2.05) is 0 Å². The van der Waals surface area contributed by atoms with Crippen molar-refractivity contribution in [2.24, 2.45) is 5.10 Å². The molecule has 0 aromatic heterocycles. The largest absolute Gasteiger partial charge is 0.301 e. The van der Waals surface area contributed by atoms with Gasteiger partial charge in [-0.05, 0) is 6.07 Å². The Morgan fingerprint density at radius 2 is 1.84 bits per heavy atom. The van der Waals surface area contributed by atoms with Gasteiger partial charge in [0.05, 0.1) is 22.1 Å². The van der Waals surface area contributed by atoms with Crippen LogP contribution in [0.25, 0.3) is 0 Å². The second-order valence-electron chi connectivity index (χ2n) is 3.13. The van der Waals surface area contributed by atoms with Gasteiger partial charge in [-0.3, -0.25) is 25.7 Å². The summed E-state index contributed by atoms with van der Waals surface area (Å²) in [6, 6.07) is 3.01. The van der Waals surface area contributed by atoms with E-state index in [0.29, 0.717) is 0 Å². The maximum absolute atomic E-state index is 10.8. The van der Waals surface area contributed by atoms with Crippen molar-refractivity contribution < 1.29 is 9.85 Å². The van der Waals surface area contributed by atoms with E-state index in [9.17, 15) is 20.2 Å². The van der Waals surface area contributed by atoms with Crippen molar-refractivity contribution in [3.63, 3.8) is 0 Å². The van der Waals surface area contributed by atoms with Gasteiger partial charge in [0.15, 0.2) is 0 Å². The first-order valence-corrected chi connectivity index (χ1v) is 5.64. The number of nitro benzene ring substituents is 2. The van der Waals surface area contributed by atoms with Crippen molar-refractivity contribution in [3.05, 3.63) is 38.4 Å². The molecule has 1 aromatic rings. The fourth-order valence-electron chi connectivity index (χ4n) is 1.05. The maximum atomic E-state index is 10.8. The molecule has 1 aromatic carbocycles. The van der Waals surface area contributed by atoms with Crippen molar-refractivity contribution in [1.29, 1.82) is 0 Å². The summed E-state index contributed by atoms with van der Waals surface area (Å²) in [7, 11) is 0. The summed E-state index contributed by atoms with van der Waals surface area (Å²) in [6.45, 7) is 0. The van der Waals surface area contributed by atoms with Gasteiger partial charge in [0.2, 0.25) is 3.79 Å². The molecule has 0 spiro atoms. The van der Waals surface area contributed by atoms with Crippen molar-refractivity contribution in [2.75, 3.05) is 5.43 Å². The van der Waals surface area contributed by atoms with Gasteiger partial charge in [-0.2, -0.15) is 5.10 Å². The molecule has 8 nitrogen and oxygen atoms in total. The van der Waals surface area contributed by atoms with Crippen molar-refractivity contribution >= 4 is 58.1 Å². The monoisotopic (exact) mass is 326 g/mol. The lowest BCUT2D eigenvalue weighted by Gasteiger charge is -2.04. The lowest BCUT2D eigenvalue weighted by Crippen LogP contribution is -2.06. The Bertz CT molecular complexity index is 543. The summed E-state index contributed by atoms with van der Waals surface area (Å²) >= 11 is 16.2. The molecule has 11 heteroatoms. The predicted octanol–water partition coefficient (Wildman–Crippen LogP) is 3.27. The summed E-state index contributed by atoms with van der Waals surface area (Å²) in [5, 5.41) is 24.8. The quantitative estimate of drug-likeness (QED) is 0.395. The number of hydrogen-bond donors (Lipinski definition) is 1. The van der Waals surface area contributed by atoms with Gasteiger partial charge in [-0.25, -0.2) is 0 Å². The number of nitrogens with one attached hydrogen (secondary N) is 1. The third-order valence-electron chi connectivity index (χ3n) is 1.78. The molecular weight excluding hydrogens is 322 g/mol. The lowest BCUT2D eigenvalue weighted by atomic mass is 10.2. The number of alkyl halides is 3. The first-order chi connectivity index (χ1) is 8.70. The molecule has 102 valence electrons. The SMILES string of the molecule is O=[N+]([O-])c1ccc(N/N=C\C(Cl)(Cl)Cl)c([N+](=O)[O-])c1. The normalized spacial score (nSPS) is 11.5. The summed E-state index contributed by atoms with van der Waals surface area (Å²) in [5.74, 6) is 0. The molecule has 1 N–H and O–H groups in total. The fourth-order valence-corrected chi connectivity index (χ4v) is 1.20. The molecule has 1 rings (SSSR count). The zero-order valence-corrected chi connectivity index (χ0v) is 11.2. The molecule has 0 aliphatic rings. The van der Waals surface area contributed by atoms with Crippen LogP contribution in [0.15, 0.2) is 23.3 Å². The fraction of sp³-hybridized carbons (Fsp3) is 0.125. The van der Waals surface area contributed by atoms with Crippen LogP contribution in [-0.4, -0.2) is 19.9 Å². The standard InChI is InChI=1S/C8H5Cl3N4O4/c9-8(10,11)4-12-13-6-2-1-5(14(16)17)3-7(6)15(18)19/h1-4,13H/b12-4-. The highest BCUT2D eigenvalue weighted by Gasteiger charge is 2.20. The Hall–Kier alpha value is -1.64. The van der Waals surface area contributed by atoms with Crippen LogP contribution in [0, 0.1) is 20.2 Å². The van der Waals surface area contributed by atoms with Crippen LogP contribution in [0.4, 0.5) is 17.1 Å². The summed E-state index contributed by atoms with van der Waals surface area (Å²) in [4.78, 5) is 19.7. The highest BCUT2D eigenvalue weighted by molar-refractivity contribution is 6.74. The average Bonchev–Trinajstić information content (AvgIpc) is 2.27. The average molecular weight is 328 g/mol. The molecule has 0 heterocycles. The van der Waals surface area contributed by atoms with Gasteiger partial charge in [0.1, 0.15) is 5.69 Å². The van der Waals surface area contributed by atoms with Crippen LogP contribution in [0.2, 0.25) is 0 Å². The van der Waals surface area contributed by atoms with E-state index in [1.54, 1.807) is 0 Å². The van der Waals surface area contributed by atoms with Gasteiger partial charge in [0.25, 0.3) is 5.69 Å². The third kappa shape index (κ3) is 4.86. The number of nitrogens with zero attached hydrogens (tertiary/aromatic N) is 3. The van der Waals surface area contributed by atoms with Crippen LogP contribution in [-0.2, 0) is 0 Å². The topological polar surface area (TPSA) is 111 Å². The van der Waals surface area contributed by atoms with E-state index >= 15 is 0 Å². The van der Waals surface area contributed by atoms with E-state index in [4.69, 9.17) is 34.8 Å². The molecule has 0 saturated carbocycles. The molecular formula is C8H5Cl3N4O4. The highest BCUT2D eigenvalue weighted by atomic mass is 35.6. The summed E-state index contributed by atoms with van der Waals surface area (Å²) in [5.41, 5.74) is 1.27. The van der Waals surface area contributed by atoms with E-state index < -0.39 is 25.0 Å². The molecule has 0 unspecified atom stereocenters. The Kier molecular flexibility index (Phi) is 4.87. The molecule has 0 aliphatic carbocycles. The zero-order chi connectivity index (χ0) is 14.6. The minimum absolute atomic E-state index is 0.0684. The van der Waals surface area contributed by atoms with Crippen LogP contribution < -0.4 is 5.43 Å². The Balaban J connectivity index is 3.04. The Labute approximate surface area is 121 Å². The van der Waals surface area contributed by atoms with Crippen molar-refractivity contribution in [1.82, 2.24) is 0 Å². The summed E-state index contributed by atoms with van der Waals surface area (Å²) in [6.07, 6.45) is 0.892. The second-order valence-corrected chi connectivity index (χ2v) is 5.50. The van der Waals surface area contributed by atoms with Crippen molar-refractivity contribution in [3.8, 4) is 0 Å². The zero-order valence-electron chi connectivity index (χ0n) is 8.92. The smallest absolute Gasteiger partial charge is 0.272 e. The maximum Gasteiger partial charge on any atom is 0.301 e. The molecule has 0 atom stereocenters. The molecule has 0 saturated heterocycles. The van der Waals surface area contributed by atoms with Gasteiger partial charge < -0.3 is 0 Å². The Morgan fingerprint density at radius 1 is 1.21 bits per heavy atom. The van der Waals surface area contributed by atoms with Crippen LogP contribution >= 0.6 is 34.8 Å². The van der Waals surface area contributed by atoms with E-state index in [2.05, 4.69) is 10.5 Å². The predicted molar refractivity (Wildman–Crippen MR) is 72.2 cm³/mol. The van der Waals surface area contributed by atoms with Crippen LogP contribution in [0.3, 0.4) is 0 Å². The van der Waals surface area contributed by atoms with E-state index in [0.717, 1.165) is 24.4 Å². The van der Waals surface area contributed by atoms with Crippen LogP contribution in [0.1, 0.15) is 0 Å². The molecule has 0 amide bonds. The first-order valence-electron chi connectivity index (χ1n) is 4.50. The second kappa shape index (κ2) is 6.00. The van der Waals surface area contributed by atoms with E-state index in [-0.39, 0.29) is 5.69 Å². The molecule has 19 heavy (non-hydrogen) atoms. The van der Waals surface area contributed by atoms with Gasteiger partial charge in [-0.15, -0.1) is 0 Å². The minimum atomic E-state index is -1.76. The molecule has 0 aliphatic heterocycles. The Morgan fingerprint density at radius 3 is 2.32 bits per heavy atom. The van der Waals surface area contributed by atoms with Crippen LogP contribution in [0.5, 0.6) is 0 Å². The number of hydrazone groups is 1. The number of non-ortho nitro benzene ring substituents is 1. The summed E-state index contributed by atoms with van der Waals surface area (Å²) < 4.78 is -1.76. The number of halogens is 3. The minimum Gasteiger partial charge on any atom is -0.272 e. The van der Waals surface area contributed by atoms with Gasteiger partial charge in [0, 0.05) is 6.07 Å². The molecule has 0 radical (unpaired) electrons. The molecule has 0 fully saturated rings. The number of rotatable bonds is 4. The third-order valence-corrected chi connectivity index (χ3v) is 2.08. The number of benzene rings is 1. The number of anilines is 1. The lowest BCUT2D eigenvalue weighted by molar-refractivity contribution is -0.393. The number of hydrogen-bond acceptors (Lipinski definition) is 6. The first kappa shape index (κ1) is 15.4. The van der Waals surface area contributed by atoms with Crippen molar-refractivity contribution in [2.45, 2.75) is 3.79 Å². The van der Waals surface area contributed by atoms with E-state index in [1.165, 1.54) is 0 Å². The highest BCUT2D eigenvalue weighted by Crippen LogP contribution is 2.29. The number of nitro groups is 2. The van der Waals surface area contributed by atoms with Gasteiger partial charge >= 0.3 is 5.69 Å².